The molecule has 40 heavy (non-hydrogen) atoms. The Balaban J connectivity index is 1.29. The molecule has 1 heterocycles. The molecule has 1 saturated heterocycles. The first-order valence-electron chi connectivity index (χ1n) is 15.6. The molecule has 0 bridgehead atoms. The molecule has 0 amide bonds. The summed E-state index contributed by atoms with van der Waals surface area (Å²) in [4.78, 5) is 7.59. The first-order chi connectivity index (χ1) is 19.6. The molecule has 4 rings (SSSR count). The Kier molecular flexibility index (Phi) is 12.4. The van der Waals surface area contributed by atoms with Gasteiger partial charge in [-0.15, -0.1) is 0 Å². The summed E-state index contributed by atoms with van der Waals surface area (Å²) < 4.78 is 6.04. The van der Waals surface area contributed by atoms with E-state index in [1.807, 2.05) is 6.07 Å². The van der Waals surface area contributed by atoms with Gasteiger partial charge in [0, 0.05) is 38.9 Å². The van der Waals surface area contributed by atoms with E-state index in [0.717, 1.165) is 18.8 Å². The highest BCUT2D eigenvalue weighted by Crippen LogP contribution is 2.23. The van der Waals surface area contributed by atoms with E-state index >= 15 is 0 Å². The maximum Gasteiger partial charge on any atom is 0.119 e. The quantitative estimate of drug-likeness (QED) is 0.170. The van der Waals surface area contributed by atoms with Crippen LogP contribution in [-0.2, 0) is 19.7 Å². The van der Waals surface area contributed by atoms with E-state index in [1.54, 1.807) is 0 Å². The first-order valence-corrected chi connectivity index (χ1v) is 15.6. The second-order valence-corrected chi connectivity index (χ2v) is 11.7. The molecule has 4 nitrogen and oxygen atoms in total. The number of hydrogen-bond donors (Lipinski definition) is 0. The number of hydrogen-bond acceptors (Lipinski definition) is 4. The maximum atomic E-state index is 6.04. The van der Waals surface area contributed by atoms with Gasteiger partial charge in [-0.2, -0.15) is 0 Å². The summed E-state index contributed by atoms with van der Waals surface area (Å²) in [6.45, 7) is 8.56. The topological polar surface area (TPSA) is 19.0 Å². The van der Waals surface area contributed by atoms with E-state index in [0.29, 0.717) is 12.6 Å². The van der Waals surface area contributed by atoms with Gasteiger partial charge in [0.2, 0.25) is 0 Å². The van der Waals surface area contributed by atoms with Crippen LogP contribution in [0, 0.1) is 0 Å². The lowest BCUT2D eigenvalue weighted by Gasteiger charge is -2.39. The standard InChI is InChI=1S/C36H51N3O/c1-4-5-6-7-8-12-25-39(29-32-17-21-36(22-18-32)40-30-33-13-10-9-11-14-33)35-23-26-38(27-24-35)28-31-15-19-34(20-16-31)37(2)3/h9-11,13-22,35H,4-8,12,23-30H2,1-3H3. The Morgan fingerprint density at radius 2 is 1.38 bits per heavy atom. The molecule has 4 heteroatoms. The fourth-order valence-electron chi connectivity index (χ4n) is 5.75. The Bertz CT molecular complexity index is 1070. The van der Waals surface area contributed by atoms with Crippen molar-refractivity contribution in [2.24, 2.45) is 0 Å². The zero-order valence-corrected chi connectivity index (χ0v) is 25.2. The summed E-state index contributed by atoms with van der Waals surface area (Å²) in [7, 11) is 4.20. The van der Waals surface area contributed by atoms with Gasteiger partial charge in [0.05, 0.1) is 0 Å². The van der Waals surface area contributed by atoms with Gasteiger partial charge in [0.25, 0.3) is 0 Å². The minimum atomic E-state index is 0.614. The van der Waals surface area contributed by atoms with Crippen LogP contribution in [0.3, 0.4) is 0 Å². The number of piperidine rings is 1. The van der Waals surface area contributed by atoms with Crippen molar-refractivity contribution < 1.29 is 4.74 Å². The van der Waals surface area contributed by atoms with Gasteiger partial charge in [-0.1, -0.05) is 93.6 Å². The van der Waals surface area contributed by atoms with E-state index in [2.05, 4.69) is 109 Å². The zero-order valence-electron chi connectivity index (χ0n) is 25.2. The van der Waals surface area contributed by atoms with Gasteiger partial charge < -0.3 is 9.64 Å². The number of benzene rings is 3. The van der Waals surface area contributed by atoms with Crippen molar-refractivity contribution >= 4 is 5.69 Å². The number of likely N-dealkylation sites (tertiary alicyclic amines) is 1. The van der Waals surface area contributed by atoms with Crippen molar-refractivity contribution in [2.75, 3.05) is 38.6 Å². The molecule has 1 aliphatic rings. The molecular weight excluding hydrogens is 490 g/mol. The van der Waals surface area contributed by atoms with Gasteiger partial charge in [0.1, 0.15) is 12.4 Å². The van der Waals surface area contributed by atoms with Crippen molar-refractivity contribution in [1.29, 1.82) is 0 Å². The third-order valence-electron chi connectivity index (χ3n) is 8.29. The number of unbranched alkanes of at least 4 members (excludes halogenated alkanes) is 5. The predicted octanol–water partition coefficient (Wildman–Crippen LogP) is 8.16. The lowest BCUT2D eigenvalue weighted by Crippen LogP contribution is -2.44. The Morgan fingerprint density at radius 1 is 0.725 bits per heavy atom. The summed E-state index contributed by atoms with van der Waals surface area (Å²) in [6, 6.07) is 28.9. The van der Waals surface area contributed by atoms with Crippen LogP contribution >= 0.6 is 0 Å². The van der Waals surface area contributed by atoms with E-state index in [9.17, 15) is 0 Å². The van der Waals surface area contributed by atoms with Gasteiger partial charge in [-0.25, -0.2) is 0 Å². The fourth-order valence-corrected chi connectivity index (χ4v) is 5.75. The lowest BCUT2D eigenvalue weighted by atomic mass is 10.0. The summed E-state index contributed by atoms with van der Waals surface area (Å²) in [5.74, 6) is 0.946. The summed E-state index contributed by atoms with van der Waals surface area (Å²) in [6.07, 6.45) is 10.6. The molecule has 1 fully saturated rings. The molecule has 3 aromatic carbocycles. The van der Waals surface area contributed by atoms with E-state index < -0.39 is 0 Å². The smallest absolute Gasteiger partial charge is 0.119 e. The molecule has 0 radical (unpaired) electrons. The van der Waals surface area contributed by atoms with Crippen LogP contribution < -0.4 is 9.64 Å². The van der Waals surface area contributed by atoms with E-state index in [-0.39, 0.29) is 0 Å². The lowest BCUT2D eigenvalue weighted by molar-refractivity contribution is 0.0972. The van der Waals surface area contributed by atoms with Crippen LogP contribution in [0.4, 0.5) is 5.69 Å². The van der Waals surface area contributed by atoms with Gasteiger partial charge in [-0.3, -0.25) is 9.80 Å². The van der Waals surface area contributed by atoms with E-state index in [4.69, 9.17) is 4.74 Å². The Hall–Kier alpha value is -2.82. The highest BCUT2D eigenvalue weighted by Gasteiger charge is 2.24. The van der Waals surface area contributed by atoms with Crippen LogP contribution in [0.25, 0.3) is 0 Å². The first kappa shape index (κ1) is 30.1. The number of anilines is 1. The average molecular weight is 542 g/mol. The Labute approximate surface area is 244 Å². The van der Waals surface area contributed by atoms with Crippen molar-refractivity contribution in [1.82, 2.24) is 9.80 Å². The average Bonchev–Trinajstić information content (AvgIpc) is 2.99. The number of nitrogens with zero attached hydrogens (tertiary/aromatic N) is 3. The monoisotopic (exact) mass is 541 g/mol. The number of ether oxygens (including phenoxy) is 1. The molecule has 0 unspecified atom stereocenters. The van der Waals surface area contributed by atoms with Crippen LogP contribution in [0.15, 0.2) is 78.9 Å². The third-order valence-corrected chi connectivity index (χ3v) is 8.29. The van der Waals surface area contributed by atoms with Gasteiger partial charge in [0.15, 0.2) is 0 Å². The molecule has 0 N–H and O–H groups in total. The molecule has 216 valence electrons. The molecule has 0 spiro atoms. The Morgan fingerprint density at radius 3 is 2.05 bits per heavy atom. The third kappa shape index (κ3) is 9.98. The zero-order chi connectivity index (χ0) is 28.0. The fraction of sp³-hybridized carbons (Fsp3) is 0.500. The van der Waals surface area contributed by atoms with Gasteiger partial charge in [-0.05, 0) is 79.9 Å². The van der Waals surface area contributed by atoms with Crippen LogP contribution in [0.2, 0.25) is 0 Å². The highest BCUT2D eigenvalue weighted by molar-refractivity contribution is 5.46. The second-order valence-electron chi connectivity index (χ2n) is 11.7. The van der Waals surface area contributed by atoms with Crippen molar-refractivity contribution in [3.63, 3.8) is 0 Å². The molecule has 1 aliphatic heterocycles. The summed E-state index contributed by atoms with van der Waals surface area (Å²) in [5, 5.41) is 0. The molecule has 0 saturated carbocycles. The molecule has 0 aromatic heterocycles. The number of rotatable bonds is 16. The maximum absolute atomic E-state index is 6.04. The minimum absolute atomic E-state index is 0.614. The normalized spacial score (nSPS) is 14.5. The van der Waals surface area contributed by atoms with Gasteiger partial charge >= 0.3 is 0 Å². The summed E-state index contributed by atoms with van der Waals surface area (Å²) in [5.41, 5.74) is 5.28. The van der Waals surface area contributed by atoms with Crippen LogP contribution in [-0.4, -0.2) is 49.6 Å². The van der Waals surface area contributed by atoms with Crippen LogP contribution in [0.5, 0.6) is 5.75 Å². The van der Waals surface area contributed by atoms with Crippen molar-refractivity contribution in [3.8, 4) is 5.75 Å². The molecule has 0 atom stereocenters. The minimum Gasteiger partial charge on any atom is -0.489 e. The molecule has 0 aliphatic carbocycles. The van der Waals surface area contributed by atoms with Crippen molar-refractivity contribution in [3.05, 3.63) is 95.6 Å². The summed E-state index contributed by atoms with van der Waals surface area (Å²) >= 11 is 0. The van der Waals surface area contributed by atoms with Crippen LogP contribution in [0.1, 0.15) is 75.0 Å². The largest absolute Gasteiger partial charge is 0.489 e. The predicted molar refractivity (Wildman–Crippen MR) is 170 cm³/mol. The molecule has 3 aromatic rings. The molecular formula is C36H51N3O. The SMILES string of the molecule is CCCCCCCCN(Cc1ccc(OCc2ccccc2)cc1)C1CCN(Cc2ccc(N(C)C)cc2)CC1. The highest BCUT2D eigenvalue weighted by atomic mass is 16.5. The van der Waals surface area contributed by atoms with E-state index in [1.165, 1.54) is 93.4 Å². The van der Waals surface area contributed by atoms with Crippen molar-refractivity contribution in [2.45, 2.75) is 84.0 Å². The second kappa shape index (κ2) is 16.4.